The van der Waals surface area contributed by atoms with Crippen LogP contribution in [0.3, 0.4) is 0 Å². The van der Waals surface area contributed by atoms with Gasteiger partial charge in [-0.25, -0.2) is 4.39 Å². The van der Waals surface area contributed by atoms with Crippen LogP contribution in [0.15, 0.2) is 12.3 Å². The van der Waals surface area contributed by atoms with Gasteiger partial charge in [-0.2, -0.15) is 0 Å². The summed E-state index contributed by atoms with van der Waals surface area (Å²) in [6.07, 6.45) is 0.981. The highest BCUT2D eigenvalue weighted by Crippen LogP contribution is 2.09. The van der Waals surface area contributed by atoms with Gasteiger partial charge in [-0.3, -0.25) is 9.78 Å². The van der Waals surface area contributed by atoms with Crippen LogP contribution in [0.5, 0.6) is 0 Å². The molecule has 5 heteroatoms. The first-order valence-corrected chi connectivity index (χ1v) is 3.60. The first-order valence-electron chi connectivity index (χ1n) is 3.60. The molecule has 0 saturated carbocycles. The number of nitrogen functional groups attached to an aromatic ring is 1. The minimum Gasteiger partial charge on any atom is -0.469 e. The Morgan fingerprint density at radius 2 is 2.46 bits per heavy atom. The highest BCUT2D eigenvalue weighted by atomic mass is 19.1. The smallest absolute Gasteiger partial charge is 0.311 e. The van der Waals surface area contributed by atoms with Crippen LogP contribution in [0.25, 0.3) is 0 Å². The van der Waals surface area contributed by atoms with Crippen molar-refractivity contribution in [3.05, 3.63) is 23.8 Å². The van der Waals surface area contributed by atoms with Gasteiger partial charge < -0.3 is 10.5 Å². The quantitative estimate of drug-likeness (QED) is 0.680. The summed E-state index contributed by atoms with van der Waals surface area (Å²) in [4.78, 5) is 14.5. The number of rotatable bonds is 2. The molecule has 0 aliphatic heterocycles. The predicted octanol–water partition coefficient (Wildman–Crippen LogP) is 0.518. The van der Waals surface area contributed by atoms with E-state index >= 15 is 0 Å². The van der Waals surface area contributed by atoms with E-state index in [2.05, 4.69) is 9.72 Å². The van der Waals surface area contributed by atoms with E-state index in [0.29, 0.717) is 5.69 Å². The van der Waals surface area contributed by atoms with E-state index in [1.165, 1.54) is 13.2 Å². The number of aromatic nitrogens is 1. The first-order chi connectivity index (χ1) is 6.13. The number of hydrogen-bond acceptors (Lipinski definition) is 4. The average Bonchev–Trinajstić information content (AvgIpc) is 2.11. The number of halogens is 1. The van der Waals surface area contributed by atoms with Gasteiger partial charge in [0.1, 0.15) is 0 Å². The van der Waals surface area contributed by atoms with Gasteiger partial charge in [0.15, 0.2) is 5.82 Å². The first kappa shape index (κ1) is 9.44. The third-order valence-electron chi connectivity index (χ3n) is 1.49. The van der Waals surface area contributed by atoms with Gasteiger partial charge in [-0.15, -0.1) is 0 Å². The van der Waals surface area contributed by atoms with Crippen LogP contribution in [0.2, 0.25) is 0 Å². The summed E-state index contributed by atoms with van der Waals surface area (Å²) in [5.41, 5.74) is 5.65. The lowest BCUT2D eigenvalue weighted by Gasteiger charge is -2.00. The second kappa shape index (κ2) is 3.84. The van der Waals surface area contributed by atoms with Crippen molar-refractivity contribution in [1.29, 1.82) is 0 Å². The van der Waals surface area contributed by atoms with Gasteiger partial charge in [0.05, 0.1) is 31.1 Å². The maximum Gasteiger partial charge on any atom is 0.311 e. The third-order valence-corrected chi connectivity index (χ3v) is 1.49. The monoisotopic (exact) mass is 184 g/mol. The molecule has 2 N–H and O–H groups in total. The Balaban J connectivity index is 2.79. The zero-order valence-electron chi connectivity index (χ0n) is 7.08. The topological polar surface area (TPSA) is 65.2 Å². The van der Waals surface area contributed by atoms with Crippen LogP contribution in [-0.2, 0) is 16.0 Å². The molecule has 1 rings (SSSR count). The summed E-state index contributed by atoms with van der Waals surface area (Å²) in [5.74, 6) is -1.02. The molecule has 1 heterocycles. The SMILES string of the molecule is COC(=O)Cc1cc(N)c(F)cn1. The lowest BCUT2D eigenvalue weighted by atomic mass is 10.2. The third kappa shape index (κ3) is 2.40. The zero-order chi connectivity index (χ0) is 9.84. The zero-order valence-corrected chi connectivity index (χ0v) is 7.08. The molecule has 0 radical (unpaired) electrons. The van der Waals surface area contributed by atoms with E-state index in [0.717, 1.165) is 6.20 Å². The fourth-order valence-electron chi connectivity index (χ4n) is 0.817. The summed E-state index contributed by atoms with van der Waals surface area (Å²) < 4.78 is 17.0. The van der Waals surface area contributed by atoms with Crippen molar-refractivity contribution in [2.75, 3.05) is 12.8 Å². The maximum atomic E-state index is 12.6. The number of hydrogen-bond donors (Lipinski definition) is 1. The molecular weight excluding hydrogens is 175 g/mol. The maximum absolute atomic E-state index is 12.6. The van der Waals surface area contributed by atoms with Crippen LogP contribution in [0.4, 0.5) is 10.1 Å². The summed E-state index contributed by atoms with van der Waals surface area (Å²) in [6, 6.07) is 1.31. The van der Waals surface area contributed by atoms with E-state index < -0.39 is 11.8 Å². The molecule has 0 fully saturated rings. The van der Waals surface area contributed by atoms with E-state index in [-0.39, 0.29) is 12.1 Å². The van der Waals surface area contributed by atoms with Crippen molar-refractivity contribution >= 4 is 11.7 Å². The summed E-state index contributed by atoms with van der Waals surface area (Å²) in [6.45, 7) is 0. The fraction of sp³-hybridized carbons (Fsp3) is 0.250. The van der Waals surface area contributed by atoms with Gasteiger partial charge >= 0.3 is 5.97 Å². The molecule has 0 bridgehead atoms. The lowest BCUT2D eigenvalue weighted by Crippen LogP contribution is -2.07. The Kier molecular flexibility index (Phi) is 2.79. The van der Waals surface area contributed by atoms with Crippen molar-refractivity contribution < 1.29 is 13.9 Å². The van der Waals surface area contributed by atoms with Crippen molar-refractivity contribution in [1.82, 2.24) is 4.98 Å². The van der Waals surface area contributed by atoms with Crippen molar-refractivity contribution in [3.63, 3.8) is 0 Å². The summed E-state index contributed by atoms with van der Waals surface area (Å²) >= 11 is 0. The Labute approximate surface area is 74.5 Å². The molecule has 13 heavy (non-hydrogen) atoms. The molecule has 0 unspecified atom stereocenters. The van der Waals surface area contributed by atoms with E-state index in [1.54, 1.807) is 0 Å². The standard InChI is InChI=1S/C8H9FN2O2/c1-13-8(12)3-5-2-7(10)6(9)4-11-5/h2,4H,3H2,1H3,(H2,10,11). The average molecular weight is 184 g/mol. The number of anilines is 1. The summed E-state index contributed by atoms with van der Waals surface area (Å²) in [5, 5.41) is 0. The largest absolute Gasteiger partial charge is 0.469 e. The van der Waals surface area contributed by atoms with Crippen molar-refractivity contribution in [3.8, 4) is 0 Å². The normalized spacial score (nSPS) is 9.69. The molecule has 0 aromatic carbocycles. The van der Waals surface area contributed by atoms with Gasteiger partial charge in [0.2, 0.25) is 0 Å². The second-order valence-electron chi connectivity index (χ2n) is 2.45. The van der Waals surface area contributed by atoms with Gasteiger partial charge in [-0.05, 0) is 6.07 Å². The molecule has 4 nitrogen and oxygen atoms in total. The molecular formula is C8H9FN2O2. The number of methoxy groups -OCH3 is 1. The number of carbonyl (C=O) groups excluding carboxylic acids is 1. The van der Waals surface area contributed by atoms with Gasteiger partial charge in [0, 0.05) is 0 Å². The highest BCUT2D eigenvalue weighted by Gasteiger charge is 2.06. The second-order valence-corrected chi connectivity index (χ2v) is 2.45. The molecule has 0 amide bonds. The number of pyridine rings is 1. The number of nitrogens with two attached hydrogens (primary N) is 1. The molecule has 1 aromatic heterocycles. The van der Waals surface area contributed by atoms with E-state index in [9.17, 15) is 9.18 Å². The van der Waals surface area contributed by atoms with Crippen LogP contribution in [0, 0.1) is 5.82 Å². The lowest BCUT2D eigenvalue weighted by molar-refractivity contribution is -0.139. The number of nitrogens with zero attached hydrogens (tertiary/aromatic N) is 1. The Hall–Kier alpha value is -1.65. The fourth-order valence-corrected chi connectivity index (χ4v) is 0.817. The van der Waals surface area contributed by atoms with E-state index in [1.807, 2.05) is 0 Å². The Morgan fingerprint density at radius 3 is 3.00 bits per heavy atom. The number of carbonyl (C=O) groups is 1. The predicted molar refractivity (Wildman–Crippen MR) is 44.3 cm³/mol. The molecule has 0 saturated heterocycles. The highest BCUT2D eigenvalue weighted by molar-refractivity contribution is 5.72. The Morgan fingerprint density at radius 1 is 1.77 bits per heavy atom. The number of esters is 1. The van der Waals surface area contributed by atoms with Crippen LogP contribution in [-0.4, -0.2) is 18.1 Å². The van der Waals surface area contributed by atoms with Crippen LogP contribution in [0.1, 0.15) is 5.69 Å². The molecule has 0 aliphatic carbocycles. The molecule has 1 aromatic rings. The number of ether oxygens (including phenoxy) is 1. The van der Waals surface area contributed by atoms with Crippen molar-refractivity contribution in [2.24, 2.45) is 0 Å². The minimum atomic E-state index is -0.589. The molecule has 0 atom stereocenters. The molecule has 70 valence electrons. The molecule has 0 spiro atoms. The minimum absolute atomic E-state index is 0.000972. The summed E-state index contributed by atoms with van der Waals surface area (Å²) in [7, 11) is 1.27. The van der Waals surface area contributed by atoms with Crippen LogP contribution >= 0.6 is 0 Å². The van der Waals surface area contributed by atoms with Gasteiger partial charge in [0.25, 0.3) is 0 Å². The van der Waals surface area contributed by atoms with E-state index in [4.69, 9.17) is 5.73 Å². The van der Waals surface area contributed by atoms with Gasteiger partial charge in [-0.1, -0.05) is 0 Å². The van der Waals surface area contributed by atoms with Crippen molar-refractivity contribution in [2.45, 2.75) is 6.42 Å². The Bertz CT molecular complexity index is 328. The molecule has 0 aliphatic rings. The van der Waals surface area contributed by atoms with Crippen LogP contribution < -0.4 is 5.73 Å².